The number of imidazole rings is 1. The quantitative estimate of drug-likeness (QED) is 0.865. The molecule has 0 amide bonds. The Kier molecular flexibility index (Phi) is 4.58. The third-order valence-corrected chi connectivity index (χ3v) is 3.33. The summed E-state index contributed by atoms with van der Waals surface area (Å²) in [5, 5.41) is 0. The monoisotopic (exact) mass is 259 g/mol. The van der Waals surface area contributed by atoms with E-state index in [0.29, 0.717) is 13.2 Å². The van der Waals surface area contributed by atoms with Crippen LogP contribution in [0.1, 0.15) is 23.7 Å². The number of rotatable bonds is 6. The maximum atomic E-state index is 5.83. The van der Waals surface area contributed by atoms with Gasteiger partial charge in [-0.05, 0) is 25.0 Å². The fourth-order valence-electron chi connectivity index (χ4n) is 2.15. The molecule has 0 aliphatic carbocycles. The van der Waals surface area contributed by atoms with E-state index in [2.05, 4.69) is 18.0 Å². The number of aryl methyl sites for hydroxylation is 2. The average Bonchev–Trinajstić information content (AvgIpc) is 2.83. The standard InChI is InChI=1S/C15H21N3O/c1-12-5-3-4-6-14(12)19-10-7-13(11-16)15-17-8-9-18(15)2/h3-6,8-9,13H,7,10-11,16H2,1-2H3. The molecule has 4 nitrogen and oxygen atoms in total. The summed E-state index contributed by atoms with van der Waals surface area (Å²) in [4.78, 5) is 4.36. The molecular formula is C15H21N3O. The van der Waals surface area contributed by atoms with Crippen LogP contribution in [0.15, 0.2) is 36.7 Å². The summed E-state index contributed by atoms with van der Waals surface area (Å²) in [7, 11) is 1.99. The summed E-state index contributed by atoms with van der Waals surface area (Å²) in [5.41, 5.74) is 6.99. The van der Waals surface area contributed by atoms with Gasteiger partial charge in [0, 0.05) is 31.9 Å². The third kappa shape index (κ3) is 3.35. The molecule has 0 saturated carbocycles. The van der Waals surface area contributed by atoms with Crippen molar-refractivity contribution in [2.24, 2.45) is 12.8 Å². The molecule has 1 aromatic heterocycles. The molecule has 2 aromatic rings. The van der Waals surface area contributed by atoms with Crippen LogP contribution in [0.2, 0.25) is 0 Å². The van der Waals surface area contributed by atoms with Gasteiger partial charge in [-0.1, -0.05) is 18.2 Å². The van der Waals surface area contributed by atoms with E-state index < -0.39 is 0 Å². The number of hydrogen-bond acceptors (Lipinski definition) is 3. The molecule has 1 aromatic carbocycles. The smallest absolute Gasteiger partial charge is 0.122 e. The van der Waals surface area contributed by atoms with E-state index in [4.69, 9.17) is 10.5 Å². The van der Waals surface area contributed by atoms with Gasteiger partial charge >= 0.3 is 0 Å². The molecule has 2 rings (SSSR count). The molecule has 0 aliphatic heterocycles. The van der Waals surface area contributed by atoms with Gasteiger partial charge in [0.1, 0.15) is 11.6 Å². The van der Waals surface area contributed by atoms with Crippen LogP contribution in [0, 0.1) is 6.92 Å². The number of hydrogen-bond donors (Lipinski definition) is 1. The first-order valence-corrected chi connectivity index (χ1v) is 6.58. The third-order valence-electron chi connectivity index (χ3n) is 3.33. The van der Waals surface area contributed by atoms with Crippen LogP contribution in [-0.4, -0.2) is 22.7 Å². The van der Waals surface area contributed by atoms with Gasteiger partial charge in [0.2, 0.25) is 0 Å². The normalized spacial score (nSPS) is 12.4. The number of nitrogens with two attached hydrogens (primary N) is 1. The predicted molar refractivity (Wildman–Crippen MR) is 76.3 cm³/mol. The fourth-order valence-corrected chi connectivity index (χ4v) is 2.15. The van der Waals surface area contributed by atoms with Gasteiger partial charge in [-0.3, -0.25) is 0 Å². The second kappa shape index (κ2) is 6.38. The highest BCUT2D eigenvalue weighted by Gasteiger charge is 2.14. The Morgan fingerprint density at radius 2 is 2.16 bits per heavy atom. The first-order chi connectivity index (χ1) is 9.22. The molecular weight excluding hydrogens is 238 g/mol. The van der Waals surface area contributed by atoms with Crippen molar-refractivity contribution in [2.45, 2.75) is 19.3 Å². The minimum atomic E-state index is 0.240. The number of ether oxygens (including phenoxy) is 1. The zero-order chi connectivity index (χ0) is 13.7. The highest BCUT2D eigenvalue weighted by Crippen LogP contribution is 2.19. The van der Waals surface area contributed by atoms with E-state index >= 15 is 0 Å². The molecule has 0 spiro atoms. The maximum Gasteiger partial charge on any atom is 0.122 e. The summed E-state index contributed by atoms with van der Waals surface area (Å²) in [6.45, 7) is 3.29. The minimum Gasteiger partial charge on any atom is -0.493 e. The Labute approximate surface area is 114 Å². The molecule has 0 fully saturated rings. The predicted octanol–water partition coefficient (Wildman–Crippen LogP) is 2.24. The second-order valence-corrected chi connectivity index (χ2v) is 4.73. The summed E-state index contributed by atoms with van der Waals surface area (Å²) in [6, 6.07) is 8.04. The van der Waals surface area contributed by atoms with Crippen LogP contribution < -0.4 is 10.5 Å². The van der Waals surface area contributed by atoms with E-state index in [1.165, 1.54) is 0 Å². The molecule has 0 bridgehead atoms. The second-order valence-electron chi connectivity index (χ2n) is 4.73. The number of nitrogens with zero attached hydrogens (tertiary/aromatic N) is 2. The molecule has 0 radical (unpaired) electrons. The fraction of sp³-hybridized carbons (Fsp3) is 0.400. The van der Waals surface area contributed by atoms with Crippen LogP contribution in [0.25, 0.3) is 0 Å². The summed E-state index contributed by atoms with van der Waals surface area (Å²) >= 11 is 0. The Morgan fingerprint density at radius 3 is 2.79 bits per heavy atom. The summed E-state index contributed by atoms with van der Waals surface area (Å²) < 4.78 is 7.83. The highest BCUT2D eigenvalue weighted by atomic mass is 16.5. The highest BCUT2D eigenvalue weighted by molar-refractivity contribution is 5.31. The van der Waals surface area contributed by atoms with Crippen LogP contribution in [0.4, 0.5) is 0 Å². The van der Waals surface area contributed by atoms with Crippen LogP contribution in [0.5, 0.6) is 5.75 Å². The van der Waals surface area contributed by atoms with Crippen LogP contribution in [-0.2, 0) is 7.05 Å². The van der Waals surface area contributed by atoms with E-state index in [1.807, 2.05) is 36.0 Å². The van der Waals surface area contributed by atoms with E-state index in [-0.39, 0.29) is 5.92 Å². The van der Waals surface area contributed by atoms with Crippen molar-refractivity contribution in [3.8, 4) is 5.75 Å². The first kappa shape index (κ1) is 13.6. The largest absolute Gasteiger partial charge is 0.493 e. The van der Waals surface area contributed by atoms with Gasteiger partial charge < -0.3 is 15.0 Å². The Morgan fingerprint density at radius 1 is 1.37 bits per heavy atom. The van der Waals surface area contributed by atoms with Crippen molar-refractivity contribution in [1.82, 2.24) is 9.55 Å². The molecule has 19 heavy (non-hydrogen) atoms. The Balaban J connectivity index is 1.91. The lowest BCUT2D eigenvalue weighted by atomic mass is 10.1. The van der Waals surface area contributed by atoms with Gasteiger partial charge in [-0.15, -0.1) is 0 Å². The lowest BCUT2D eigenvalue weighted by molar-refractivity contribution is 0.293. The van der Waals surface area contributed by atoms with Gasteiger partial charge in [-0.25, -0.2) is 4.98 Å². The van der Waals surface area contributed by atoms with Crippen molar-refractivity contribution >= 4 is 0 Å². The van der Waals surface area contributed by atoms with Crippen molar-refractivity contribution < 1.29 is 4.74 Å². The van der Waals surface area contributed by atoms with Crippen molar-refractivity contribution in [1.29, 1.82) is 0 Å². The summed E-state index contributed by atoms with van der Waals surface area (Å²) in [6.07, 6.45) is 4.62. The lowest BCUT2D eigenvalue weighted by Crippen LogP contribution is -2.19. The molecule has 1 heterocycles. The van der Waals surface area contributed by atoms with Crippen LogP contribution in [0.3, 0.4) is 0 Å². The number of para-hydroxylation sites is 1. The molecule has 0 saturated heterocycles. The van der Waals surface area contributed by atoms with Crippen molar-refractivity contribution in [3.63, 3.8) is 0 Å². The summed E-state index contributed by atoms with van der Waals surface area (Å²) in [5.74, 6) is 2.21. The first-order valence-electron chi connectivity index (χ1n) is 6.58. The SMILES string of the molecule is Cc1ccccc1OCCC(CN)c1nccn1C. The van der Waals surface area contributed by atoms with Crippen molar-refractivity contribution in [3.05, 3.63) is 48.0 Å². The molecule has 4 heteroatoms. The van der Waals surface area contributed by atoms with E-state index in [1.54, 1.807) is 6.20 Å². The van der Waals surface area contributed by atoms with E-state index in [0.717, 1.165) is 23.6 Å². The van der Waals surface area contributed by atoms with E-state index in [9.17, 15) is 0 Å². The number of benzene rings is 1. The lowest BCUT2D eigenvalue weighted by Gasteiger charge is -2.15. The topological polar surface area (TPSA) is 53.1 Å². The molecule has 1 atom stereocenters. The molecule has 102 valence electrons. The Bertz CT molecular complexity index is 522. The van der Waals surface area contributed by atoms with Crippen molar-refractivity contribution in [2.75, 3.05) is 13.2 Å². The Hall–Kier alpha value is -1.81. The molecule has 0 aliphatic rings. The van der Waals surface area contributed by atoms with Gasteiger partial charge in [0.05, 0.1) is 6.61 Å². The zero-order valence-corrected chi connectivity index (χ0v) is 11.5. The van der Waals surface area contributed by atoms with Gasteiger partial charge in [-0.2, -0.15) is 0 Å². The number of aromatic nitrogens is 2. The van der Waals surface area contributed by atoms with Crippen LogP contribution >= 0.6 is 0 Å². The van der Waals surface area contributed by atoms with Gasteiger partial charge in [0.25, 0.3) is 0 Å². The minimum absolute atomic E-state index is 0.240. The molecule has 1 unspecified atom stereocenters. The molecule has 2 N–H and O–H groups in total. The average molecular weight is 259 g/mol. The zero-order valence-electron chi connectivity index (χ0n) is 11.5. The van der Waals surface area contributed by atoms with Gasteiger partial charge in [0.15, 0.2) is 0 Å². The maximum absolute atomic E-state index is 5.83.